The van der Waals surface area contributed by atoms with Gasteiger partial charge in [-0.15, -0.1) is 24.0 Å². The summed E-state index contributed by atoms with van der Waals surface area (Å²) in [5.41, 5.74) is -0.989. The van der Waals surface area contributed by atoms with Crippen LogP contribution < -0.4 is 5.32 Å². The number of nitrogens with one attached hydrogen (secondary N) is 1. The van der Waals surface area contributed by atoms with Crippen LogP contribution in [0.3, 0.4) is 0 Å². The number of hydrogen-bond donors (Lipinski definition) is 1. The highest BCUT2D eigenvalue weighted by atomic mass is 127. The summed E-state index contributed by atoms with van der Waals surface area (Å²) in [6, 6.07) is 0.175. The number of piperazine rings is 1. The van der Waals surface area contributed by atoms with Gasteiger partial charge in [-0.1, -0.05) is 6.92 Å². The summed E-state index contributed by atoms with van der Waals surface area (Å²) in [4.78, 5) is 34.7. The molecular formula is C21H40IN5O4. The number of amides is 2. The van der Waals surface area contributed by atoms with Crippen LogP contribution >= 0.6 is 24.0 Å². The number of fused-ring (bicyclic) bond motifs is 1. The predicted molar refractivity (Wildman–Crippen MR) is 132 cm³/mol. The zero-order chi connectivity index (χ0) is 22.7. The molecule has 0 aromatic heterocycles. The molecule has 2 rings (SSSR count). The molecule has 0 saturated carbocycles. The fraction of sp³-hybridized carbons (Fsp3) is 0.857. The normalized spacial score (nSPS) is 19.6. The second kappa shape index (κ2) is 10.9. The zero-order valence-electron chi connectivity index (χ0n) is 20.2. The molecule has 2 aliphatic rings. The number of halogens is 1. The smallest absolute Gasteiger partial charge is 0.410 e. The Bertz CT molecular complexity index is 659. The summed E-state index contributed by atoms with van der Waals surface area (Å²) in [6.45, 7) is 17.2. The van der Waals surface area contributed by atoms with Crippen molar-refractivity contribution in [3.63, 3.8) is 0 Å². The van der Waals surface area contributed by atoms with Gasteiger partial charge in [-0.2, -0.15) is 0 Å². The maximum atomic E-state index is 12.3. The Kier molecular flexibility index (Phi) is 9.71. The third-order valence-corrected chi connectivity index (χ3v) is 4.76. The molecule has 0 radical (unpaired) electrons. The fourth-order valence-corrected chi connectivity index (χ4v) is 3.43. The number of carbonyl (C=O) groups excluding carboxylic acids is 2. The van der Waals surface area contributed by atoms with Crippen LogP contribution in [0.25, 0.3) is 0 Å². The average molecular weight is 553 g/mol. The van der Waals surface area contributed by atoms with Crippen molar-refractivity contribution in [2.45, 2.75) is 65.7 Å². The maximum Gasteiger partial charge on any atom is 0.410 e. The molecule has 0 aliphatic carbocycles. The van der Waals surface area contributed by atoms with E-state index in [2.05, 4.69) is 22.1 Å². The third kappa shape index (κ3) is 8.89. The Morgan fingerprint density at radius 3 is 2.35 bits per heavy atom. The molecule has 1 saturated heterocycles. The lowest BCUT2D eigenvalue weighted by atomic mass is 10.1. The number of aliphatic imine (C=N–C) groups is 1. The van der Waals surface area contributed by atoms with Crippen LogP contribution in [0.15, 0.2) is 4.99 Å². The van der Waals surface area contributed by atoms with Crippen molar-refractivity contribution in [3.8, 4) is 0 Å². The van der Waals surface area contributed by atoms with Crippen LogP contribution in [0.5, 0.6) is 0 Å². The fourth-order valence-electron chi connectivity index (χ4n) is 3.43. The van der Waals surface area contributed by atoms with Crippen LogP contribution in [0.2, 0.25) is 0 Å². The van der Waals surface area contributed by atoms with Gasteiger partial charge in [-0.05, 0) is 47.5 Å². The summed E-state index contributed by atoms with van der Waals surface area (Å²) in [5, 5.41) is 3.42. The number of carbonyl (C=O) groups is 2. The van der Waals surface area contributed by atoms with Crippen LogP contribution in [0.1, 0.15) is 48.5 Å². The van der Waals surface area contributed by atoms with E-state index in [1.54, 1.807) is 16.8 Å². The van der Waals surface area contributed by atoms with Crippen molar-refractivity contribution < 1.29 is 19.1 Å². The first-order valence-corrected chi connectivity index (χ1v) is 10.7. The zero-order valence-corrected chi connectivity index (χ0v) is 22.6. The van der Waals surface area contributed by atoms with Gasteiger partial charge in [-0.3, -0.25) is 4.99 Å². The number of hydrogen-bond acceptors (Lipinski definition) is 7. The molecule has 2 atom stereocenters. The van der Waals surface area contributed by atoms with E-state index in [-0.39, 0.29) is 48.1 Å². The average Bonchev–Trinajstić information content (AvgIpc) is 2.99. The minimum atomic E-state index is -0.498. The SMILES string of the molecule is CC(CNC1=NCC2CN(C(=O)OC(C)(C)C)CCN12)CN(C)C(=O)OC(C)(C)C.I. The summed E-state index contributed by atoms with van der Waals surface area (Å²) in [5.74, 6) is 1.10. The predicted octanol–water partition coefficient (Wildman–Crippen LogP) is 2.99. The first-order valence-electron chi connectivity index (χ1n) is 10.7. The summed E-state index contributed by atoms with van der Waals surface area (Å²) >= 11 is 0. The molecular weight excluding hydrogens is 513 g/mol. The molecule has 0 aromatic carbocycles. The molecule has 1 fully saturated rings. The lowest BCUT2D eigenvalue weighted by molar-refractivity contribution is 0.0136. The topological polar surface area (TPSA) is 86.7 Å². The lowest BCUT2D eigenvalue weighted by Crippen LogP contribution is -2.57. The summed E-state index contributed by atoms with van der Waals surface area (Å²) in [6.07, 6.45) is -0.576. The molecule has 31 heavy (non-hydrogen) atoms. The van der Waals surface area contributed by atoms with Gasteiger partial charge >= 0.3 is 12.2 Å². The Hall–Kier alpha value is -1.46. The van der Waals surface area contributed by atoms with Crippen molar-refractivity contribution in [3.05, 3.63) is 0 Å². The highest BCUT2D eigenvalue weighted by Crippen LogP contribution is 2.19. The quantitative estimate of drug-likeness (QED) is 0.539. The highest BCUT2D eigenvalue weighted by molar-refractivity contribution is 14.0. The minimum Gasteiger partial charge on any atom is -0.444 e. The molecule has 2 unspecified atom stereocenters. The van der Waals surface area contributed by atoms with E-state index in [1.165, 1.54) is 0 Å². The van der Waals surface area contributed by atoms with Crippen LogP contribution in [-0.2, 0) is 9.47 Å². The van der Waals surface area contributed by atoms with E-state index in [9.17, 15) is 9.59 Å². The van der Waals surface area contributed by atoms with E-state index in [4.69, 9.17) is 9.47 Å². The van der Waals surface area contributed by atoms with Gasteiger partial charge < -0.3 is 29.5 Å². The van der Waals surface area contributed by atoms with Crippen molar-refractivity contribution in [1.29, 1.82) is 0 Å². The minimum absolute atomic E-state index is 0. The molecule has 1 N–H and O–H groups in total. The number of guanidine groups is 1. The molecule has 180 valence electrons. The Morgan fingerprint density at radius 2 is 1.77 bits per heavy atom. The van der Waals surface area contributed by atoms with Gasteiger partial charge in [0.05, 0.1) is 12.6 Å². The van der Waals surface area contributed by atoms with Crippen LogP contribution in [-0.4, -0.2) is 96.4 Å². The molecule has 0 aromatic rings. The van der Waals surface area contributed by atoms with Gasteiger partial charge in [-0.25, -0.2) is 9.59 Å². The first-order chi connectivity index (χ1) is 13.7. The van der Waals surface area contributed by atoms with Gasteiger partial charge in [0.2, 0.25) is 0 Å². The van der Waals surface area contributed by atoms with E-state index >= 15 is 0 Å². The summed E-state index contributed by atoms with van der Waals surface area (Å²) in [7, 11) is 1.75. The van der Waals surface area contributed by atoms with Crippen molar-refractivity contribution in [2.75, 3.05) is 46.3 Å². The van der Waals surface area contributed by atoms with Crippen molar-refractivity contribution in [2.24, 2.45) is 10.9 Å². The first kappa shape index (κ1) is 27.6. The van der Waals surface area contributed by atoms with Gasteiger partial charge in [0.25, 0.3) is 0 Å². The van der Waals surface area contributed by atoms with Gasteiger partial charge in [0.15, 0.2) is 5.96 Å². The Labute approximate surface area is 203 Å². The largest absolute Gasteiger partial charge is 0.444 e. The molecule has 2 aliphatic heterocycles. The van der Waals surface area contributed by atoms with E-state index in [0.29, 0.717) is 32.7 Å². The Balaban J connectivity index is 0.00000480. The molecule has 0 bridgehead atoms. The number of nitrogens with zero attached hydrogens (tertiary/aromatic N) is 4. The third-order valence-electron chi connectivity index (χ3n) is 4.76. The van der Waals surface area contributed by atoms with Crippen LogP contribution in [0, 0.1) is 5.92 Å². The molecule has 9 nitrogen and oxygen atoms in total. The second-order valence-electron chi connectivity index (χ2n) is 10.3. The maximum absolute atomic E-state index is 12.3. The number of ether oxygens (including phenoxy) is 2. The molecule has 2 amide bonds. The Morgan fingerprint density at radius 1 is 1.16 bits per heavy atom. The number of rotatable bonds is 4. The molecule has 0 spiro atoms. The van der Waals surface area contributed by atoms with E-state index < -0.39 is 11.2 Å². The molecule has 2 heterocycles. The summed E-state index contributed by atoms with van der Waals surface area (Å²) < 4.78 is 10.9. The van der Waals surface area contributed by atoms with Crippen molar-refractivity contribution in [1.82, 2.24) is 20.0 Å². The standard InChI is InChI=1S/C21H39N5O4.HI/c1-15(13-24(8)18(27)29-20(2,3)4)11-22-17-23-12-16-14-25(9-10-26(16)17)19(28)30-21(5,6)7;/h15-16H,9-14H2,1-8H3,(H,22,23);1H. The van der Waals surface area contributed by atoms with Crippen LogP contribution in [0.4, 0.5) is 9.59 Å². The lowest BCUT2D eigenvalue weighted by Gasteiger charge is -2.39. The van der Waals surface area contributed by atoms with E-state index in [1.807, 2.05) is 41.5 Å². The second-order valence-corrected chi connectivity index (χ2v) is 10.3. The van der Waals surface area contributed by atoms with Gasteiger partial charge in [0, 0.05) is 39.8 Å². The monoisotopic (exact) mass is 553 g/mol. The molecule has 10 heteroatoms. The highest BCUT2D eigenvalue weighted by Gasteiger charge is 2.36. The van der Waals surface area contributed by atoms with E-state index in [0.717, 1.165) is 12.5 Å². The van der Waals surface area contributed by atoms with Crippen molar-refractivity contribution >= 4 is 42.1 Å². The van der Waals surface area contributed by atoms with Gasteiger partial charge in [0.1, 0.15) is 11.2 Å².